The molecule has 0 fully saturated rings. The van der Waals surface area contributed by atoms with Gasteiger partial charge < -0.3 is 0 Å². The first kappa shape index (κ1) is 11.9. The Morgan fingerprint density at radius 2 is 2.06 bits per heavy atom. The summed E-state index contributed by atoms with van der Waals surface area (Å²) < 4.78 is 0. The SMILES string of the molecule is CN(CC1Cc2ccccc21)C(C)(C)CCl. The summed E-state index contributed by atoms with van der Waals surface area (Å²) in [7, 11) is 2.17. The zero-order valence-corrected chi connectivity index (χ0v) is 11.1. The molecule has 0 aliphatic heterocycles. The Kier molecular flexibility index (Phi) is 3.27. The molecule has 0 saturated carbocycles. The molecule has 0 amide bonds. The third-order valence-electron chi connectivity index (χ3n) is 3.82. The first-order valence-electron chi connectivity index (χ1n) is 5.89. The number of rotatable bonds is 4. The van der Waals surface area contributed by atoms with E-state index in [1.807, 2.05) is 0 Å². The number of halogens is 1. The fourth-order valence-corrected chi connectivity index (χ4v) is 2.41. The van der Waals surface area contributed by atoms with E-state index in [0.717, 1.165) is 6.54 Å². The molecule has 0 aromatic heterocycles. The zero-order chi connectivity index (χ0) is 11.8. The van der Waals surface area contributed by atoms with E-state index >= 15 is 0 Å². The normalized spacial score (nSPS) is 19.4. The number of fused-ring (bicyclic) bond motifs is 1. The lowest BCUT2D eigenvalue weighted by Crippen LogP contribution is -2.46. The van der Waals surface area contributed by atoms with Gasteiger partial charge in [0.2, 0.25) is 0 Å². The highest BCUT2D eigenvalue weighted by Gasteiger charge is 2.30. The quantitative estimate of drug-likeness (QED) is 0.727. The van der Waals surface area contributed by atoms with Crippen molar-refractivity contribution in [1.82, 2.24) is 4.90 Å². The summed E-state index contributed by atoms with van der Waals surface area (Å²) in [5.74, 6) is 1.38. The van der Waals surface area contributed by atoms with E-state index in [9.17, 15) is 0 Å². The minimum atomic E-state index is 0.0894. The van der Waals surface area contributed by atoms with Crippen molar-refractivity contribution in [3.8, 4) is 0 Å². The van der Waals surface area contributed by atoms with Gasteiger partial charge in [-0.05, 0) is 38.4 Å². The molecule has 1 aromatic carbocycles. The van der Waals surface area contributed by atoms with Crippen LogP contribution in [0.3, 0.4) is 0 Å². The standard InChI is InChI=1S/C14H20ClN/c1-14(2,10-15)16(3)9-12-8-11-6-4-5-7-13(11)12/h4-7,12H,8-10H2,1-3H3. The Bertz CT molecular complexity index is 373. The van der Waals surface area contributed by atoms with Crippen LogP contribution in [0.15, 0.2) is 24.3 Å². The maximum Gasteiger partial charge on any atom is 0.0402 e. The van der Waals surface area contributed by atoms with Gasteiger partial charge in [0.1, 0.15) is 0 Å². The number of benzene rings is 1. The van der Waals surface area contributed by atoms with Crippen molar-refractivity contribution in [2.24, 2.45) is 0 Å². The average Bonchev–Trinajstić information content (AvgIpc) is 2.25. The van der Waals surface area contributed by atoms with Crippen LogP contribution in [0.4, 0.5) is 0 Å². The number of hydrogen-bond acceptors (Lipinski definition) is 1. The maximum atomic E-state index is 5.99. The molecule has 16 heavy (non-hydrogen) atoms. The van der Waals surface area contributed by atoms with Gasteiger partial charge in [0.25, 0.3) is 0 Å². The van der Waals surface area contributed by atoms with Gasteiger partial charge in [-0.1, -0.05) is 24.3 Å². The highest BCUT2D eigenvalue weighted by atomic mass is 35.5. The molecule has 2 heteroatoms. The van der Waals surface area contributed by atoms with Gasteiger partial charge >= 0.3 is 0 Å². The Hall–Kier alpha value is -0.530. The van der Waals surface area contributed by atoms with Crippen LogP contribution in [0.1, 0.15) is 30.9 Å². The van der Waals surface area contributed by atoms with Crippen molar-refractivity contribution in [3.63, 3.8) is 0 Å². The third-order valence-corrected chi connectivity index (χ3v) is 4.47. The fraction of sp³-hybridized carbons (Fsp3) is 0.571. The molecule has 0 heterocycles. The summed E-state index contributed by atoms with van der Waals surface area (Å²) >= 11 is 5.99. The number of likely N-dealkylation sites (N-methyl/N-ethyl adjacent to an activating group) is 1. The van der Waals surface area contributed by atoms with Gasteiger partial charge in [0.05, 0.1) is 0 Å². The van der Waals surface area contributed by atoms with Gasteiger partial charge in [0.15, 0.2) is 0 Å². The molecule has 1 nitrogen and oxygen atoms in total. The molecule has 0 N–H and O–H groups in total. The van der Waals surface area contributed by atoms with Crippen LogP contribution >= 0.6 is 11.6 Å². The van der Waals surface area contributed by atoms with E-state index in [1.54, 1.807) is 0 Å². The van der Waals surface area contributed by atoms with Crippen molar-refractivity contribution in [3.05, 3.63) is 35.4 Å². The minimum absolute atomic E-state index is 0.0894. The van der Waals surface area contributed by atoms with Crippen LogP contribution in [-0.2, 0) is 6.42 Å². The average molecular weight is 238 g/mol. The van der Waals surface area contributed by atoms with Crippen LogP contribution in [0, 0.1) is 0 Å². The van der Waals surface area contributed by atoms with Gasteiger partial charge in [-0.15, -0.1) is 11.6 Å². The van der Waals surface area contributed by atoms with E-state index in [2.05, 4.69) is 50.1 Å². The lowest BCUT2D eigenvalue weighted by atomic mass is 9.77. The Labute approximate surface area is 103 Å². The molecule has 1 aliphatic carbocycles. The number of alkyl halides is 1. The third kappa shape index (κ3) is 2.11. The molecule has 2 rings (SSSR count). The summed E-state index contributed by atoms with van der Waals surface area (Å²) in [6, 6.07) is 8.75. The largest absolute Gasteiger partial charge is 0.299 e. The van der Waals surface area contributed by atoms with Crippen molar-refractivity contribution < 1.29 is 0 Å². The Balaban J connectivity index is 1.99. The fourth-order valence-electron chi connectivity index (χ4n) is 2.21. The minimum Gasteiger partial charge on any atom is -0.299 e. The van der Waals surface area contributed by atoms with E-state index in [-0.39, 0.29) is 5.54 Å². The van der Waals surface area contributed by atoms with Crippen LogP contribution in [0.5, 0.6) is 0 Å². The second-order valence-electron chi connectivity index (χ2n) is 5.43. The smallest absolute Gasteiger partial charge is 0.0402 e. The van der Waals surface area contributed by atoms with Crippen molar-refractivity contribution in [1.29, 1.82) is 0 Å². The van der Waals surface area contributed by atoms with Crippen LogP contribution < -0.4 is 0 Å². The first-order chi connectivity index (χ1) is 7.54. The van der Waals surface area contributed by atoms with Gasteiger partial charge in [-0.2, -0.15) is 0 Å². The van der Waals surface area contributed by atoms with Gasteiger partial charge in [-0.3, -0.25) is 4.90 Å². The summed E-state index contributed by atoms with van der Waals surface area (Å²) in [4.78, 5) is 2.38. The van der Waals surface area contributed by atoms with Crippen LogP contribution in [-0.4, -0.2) is 29.9 Å². The summed E-state index contributed by atoms with van der Waals surface area (Å²) in [6.45, 7) is 5.51. The highest BCUT2D eigenvalue weighted by molar-refractivity contribution is 6.18. The Morgan fingerprint density at radius 1 is 1.38 bits per heavy atom. The van der Waals surface area contributed by atoms with Crippen LogP contribution in [0.25, 0.3) is 0 Å². The molecule has 0 bridgehead atoms. The first-order valence-corrected chi connectivity index (χ1v) is 6.43. The monoisotopic (exact) mass is 237 g/mol. The lowest BCUT2D eigenvalue weighted by Gasteiger charge is -2.40. The van der Waals surface area contributed by atoms with Crippen molar-refractivity contribution >= 4 is 11.6 Å². The summed E-state index contributed by atoms with van der Waals surface area (Å²) in [5, 5.41) is 0. The molecule has 88 valence electrons. The molecular formula is C14H20ClN. The van der Waals surface area contributed by atoms with E-state index in [0.29, 0.717) is 11.8 Å². The van der Waals surface area contributed by atoms with Gasteiger partial charge in [-0.25, -0.2) is 0 Å². The predicted octanol–water partition coefficient (Wildman–Crippen LogP) is 3.28. The number of hydrogen-bond donors (Lipinski definition) is 0. The summed E-state index contributed by atoms with van der Waals surface area (Å²) in [6.07, 6.45) is 1.22. The molecule has 0 radical (unpaired) electrons. The Morgan fingerprint density at radius 3 is 2.69 bits per heavy atom. The number of nitrogens with zero attached hydrogens (tertiary/aromatic N) is 1. The second-order valence-corrected chi connectivity index (χ2v) is 5.69. The van der Waals surface area contributed by atoms with E-state index in [1.165, 1.54) is 17.5 Å². The lowest BCUT2D eigenvalue weighted by molar-refractivity contribution is 0.163. The summed E-state index contributed by atoms with van der Waals surface area (Å²) in [5.41, 5.74) is 3.14. The highest BCUT2D eigenvalue weighted by Crippen LogP contribution is 2.36. The van der Waals surface area contributed by atoms with E-state index in [4.69, 9.17) is 11.6 Å². The zero-order valence-electron chi connectivity index (χ0n) is 10.3. The predicted molar refractivity (Wildman–Crippen MR) is 70.3 cm³/mol. The molecule has 1 aromatic rings. The van der Waals surface area contributed by atoms with Crippen molar-refractivity contribution in [2.45, 2.75) is 31.7 Å². The van der Waals surface area contributed by atoms with Crippen LogP contribution in [0.2, 0.25) is 0 Å². The molecule has 1 aliphatic rings. The maximum absolute atomic E-state index is 5.99. The second kappa shape index (κ2) is 4.38. The van der Waals surface area contributed by atoms with Crippen molar-refractivity contribution in [2.75, 3.05) is 19.5 Å². The topological polar surface area (TPSA) is 3.24 Å². The molecule has 0 saturated heterocycles. The molecule has 1 atom stereocenters. The van der Waals surface area contributed by atoms with E-state index < -0.39 is 0 Å². The molecular weight excluding hydrogens is 218 g/mol. The molecule has 0 spiro atoms. The molecule has 1 unspecified atom stereocenters. The van der Waals surface area contributed by atoms with Gasteiger partial charge in [0, 0.05) is 23.9 Å².